The van der Waals surface area contributed by atoms with Crippen molar-refractivity contribution in [2.45, 2.75) is 11.9 Å². The van der Waals surface area contributed by atoms with Crippen molar-refractivity contribution in [1.82, 2.24) is 9.78 Å². The Morgan fingerprint density at radius 3 is 2.15 bits per heavy atom. The predicted octanol–water partition coefficient (Wildman–Crippen LogP) is 4.00. The highest BCUT2D eigenvalue weighted by Crippen LogP contribution is 2.33. The number of aromatic nitrogens is 2. The molecule has 5 nitrogen and oxygen atoms in total. The average Bonchev–Trinajstić information content (AvgIpc) is 3.00. The first kappa shape index (κ1) is 19.4. The van der Waals surface area contributed by atoms with Crippen molar-refractivity contribution in [3.05, 3.63) is 70.9 Å². The zero-order valence-corrected chi connectivity index (χ0v) is 15.2. The maximum absolute atomic E-state index is 13.1. The number of benzene rings is 2. The molecule has 2 aromatic carbocycles. The molecule has 0 saturated carbocycles. The maximum atomic E-state index is 13.1. The molecule has 0 aliphatic heterocycles. The third-order valence-corrected chi connectivity index (χ3v) is 4.68. The fourth-order valence-electron chi connectivity index (χ4n) is 2.51. The van der Waals surface area contributed by atoms with E-state index >= 15 is 0 Å². The molecule has 3 rings (SSSR count). The molecule has 0 radical (unpaired) electrons. The van der Waals surface area contributed by atoms with Crippen LogP contribution in [0.25, 0.3) is 16.9 Å². The Balaban J connectivity index is 2.08. The van der Waals surface area contributed by atoms with Gasteiger partial charge in [-0.15, -0.1) is 0 Å². The molecule has 0 amide bonds. The first-order valence-electron chi connectivity index (χ1n) is 7.56. The van der Waals surface area contributed by atoms with Crippen LogP contribution in [0.1, 0.15) is 11.3 Å². The van der Waals surface area contributed by atoms with E-state index in [1.54, 1.807) is 24.3 Å². The summed E-state index contributed by atoms with van der Waals surface area (Å²) in [4.78, 5) is 0. The molecular weight excluding hydrogens is 403 g/mol. The average molecular weight is 416 g/mol. The van der Waals surface area contributed by atoms with Crippen molar-refractivity contribution in [2.75, 3.05) is 0 Å². The van der Waals surface area contributed by atoms with Crippen LogP contribution in [0.4, 0.5) is 13.2 Å². The largest absolute Gasteiger partial charge is 0.435 e. The van der Waals surface area contributed by atoms with Crippen LogP contribution in [0.3, 0.4) is 0 Å². The van der Waals surface area contributed by atoms with Gasteiger partial charge in [0.2, 0.25) is 10.0 Å². The van der Waals surface area contributed by atoms with Gasteiger partial charge in [-0.25, -0.2) is 18.2 Å². The number of sulfonamides is 1. The van der Waals surface area contributed by atoms with Crippen LogP contribution in [0.15, 0.2) is 54.6 Å². The molecule has 0 fully saturated rings. The first-order chi connectivity index (χ1) is 12.5. The molecule has 2 N–H and O–H groups in total. The van der Waals surface area contributed by atoms with E-state index in [1.165, 1.54) is 24.3 Å². The summed E-state index contributed by atoms with van der Waals surface area (Å²) in [6, 6.07) is 13.1. The Bertz CT molecular complexity index is 1060. The molecule has 0 unspecified atom stereocenters. The van der Waals surface area contributed by atoms with Gasteiger partial charge in [-0.05, 0) is 35.9 Å². The lowest BCUT2D eigenvalue weighted by molar-refractivity contribution is -0.141. The van der Waals surface area contributed by atoms with Gasteiger partial charge in [-0.1, -0.05) is 35.9 Å². The standard InChI is InChI=1S/C17H13ClF3N3O2S/c18-13-5-7-14(8-6-13)24-15(9-16(23-24)17(19,20)21)12-3-1-11(2-4-12)10-27(22,25)26/h1-9H,10H2,(H2,22,25,26). The molecule has 0 aliphatic carbocycles. The number of alkyl halides is 3. The lowest BCUT2D eigenvalue weighted by Crippen LogP contribution is -2.14. The van der Waals surface area contributed by atoms with Crippen LogP contribution in [-0.2, 0) is 22.0 Å². The number of nitrogens with two attached hydrogens (primary N) is 1. The van der Waals surface area contributed by atoms with Gasteiger partial charge in [0, 0.05) is 10.6 Å². The number of rotatable bonds is 4. The van der Waals surface area contributed by atoms with E-state index in [2.05, 4.69) is 5.10 Å². The van der Waals surface area contributed by atoms with E-state index in [0.717, 1.165) is 10.7 Å². The van der Waals surface area contributed by atoms with Crippen LogP contribution < -0.4 is 5.14 Å². The summed E-state index contributed by atoms with van der Waals surface area (Å²) in [7, 11) is -3.70. The van der Waals surface area contributed by atoms with Crippen molar-refractivity contribution < 1.29 is 21.6 Å². The topological polar surface area (TPSA) is 78.0 Å². The van der Waals surface area contributed by atoms with E-state index in [4.69, 9.17) is 16.7 Å². The Labute approximate surface area is 158 Å². The van der Waals surface area contributed by atoms with Crippen LogP contribution in [0.5, 0.6) is 0 Å². The zero-order chi connectivity index (χ0) is 19.8. The molecule has 27 heavy (non-hydrogen) atoms. The van der Waals surface area contributed by atoms with Gasteiger partial charge in [0.1, 0.15) is 0 Å². The van der Waals surface area contributed by atoms with Crippen molar-refractivity contribution in [3.8, 4) is 16.9 Å². The second-order valence-corrected chi connectivity index (χ2v) is 7.86. The molecular formula is C17H13ClF3N3O2S. The molecule has 0 atom stereocenters. The zero-order valence-electron chi connectivity index (χ0n) is 13.6. The third-order valence-electron chi connectivity index (χ3n) is 3.69. The van der Waals surface area contributed by atoms with Crippen LogP contribution >= 0.6 is 11.6 Å². The van der Waals surface area contributed by atoms with Crippen LogP contribution in [0, 0.1) is 0 Å². The quantitative estimate of drug-likeness (QED) is 0.699. The summed E-state index contributed by atoms with van der Waals surface area (Å²) >= 11 is 5.83. The molecule has 0 bridgehead atoms. The fraction of sp³-hybridized carbons (Fsp3) is 0.118. The number of nitrogens with zero attached hydrogens (tertiary/aromatic N) is 2. The highest BCUT2D eigenvalue weighted by atomic mass is 35.5. The second kappa shape index (κ2) is 6.99. The Kier molecular flexibility index (Phi) is 5.02. The molecule has 3 aromatic rings. The Morgan fingerprint density at radius 2 is 1.63 bits per heavy atom. The van der Waals surface area contributed by atoms with Gasteiger partial charge >= 0.3 is 6.18 Å². The summed E-state index contributed by atoms with van der Waals surface area (Å²) in [5.41, 5.74) is 0.423. The normalized spacial score (nSPS) is 12.3. The molecule has 0 spiro atoms. The summed E-state index contributed by atoms with van der Waals surface area (Å²) in [5.74, 6) is -0.364. The van der Waals surface area contributed by atoms with Crippen molar-refractivity contribution >= 4 is 21.6 Å². The Hall–Kier alpha value is -2.36. The first-order valence-corrected chi connectivity index (χ1v) is 9.65. The van der Waals surface area contributed by atoms with E-state index < -0.39 is 21.9 Å². The summed E-state index contributed by atoms with van der Waals surface area (Å²) in [5, 5.41) is 9.12. The van der Waals surface area contributed by atoms with Gasteiger partial charge in [0.25, 0.3) is 0 Å². The second-order valence-electron chi connectivity index (χ2n) is 5.80. The van der Waals surface area contributed by atoms with Crippen LogP contribution in [-0.4, -0.2) is 18.2 Å². The van der Waals surface area contributed by atoms with Gasteiger partial charge in [-0.3, -0.25) is 0 Å². The van der Waals surface area contributed by atoms with E-state index in [0.29, 0.717) is 21.8 Å². The van der Waals surface area contributed by atoms with E-state index in [9.17, 15) is 21.6 Å². The SMILES string of the molecule is NS(=O)(=O)Cc1ccc(-c2cc(C(F)(F)F)nn2-c2ccc(Cl)cc2)cc1. The minimum atomic E-state index is -4.61. The summed E-state index contributed by atoms with van der Waals surface area (Å²) in [6.45, 7) is 0. The molecule has 0 aliphatic rings. The van der Waals surface area contributed by atoms with Crippen molar-refractivity contribution in [1.29, 1.82) is 0 Å². The number of hydrogen-bond donors (Lipinski definition) is 1. The summed E-state index contributed by atoms with van der Waals surface area (Å²) < 4.78 is 62.9. The molecule has 1 aromatic heterocycles. The van der Waals surface area contributed by atoms with E-state index in [1.807, 2.05) is 0 Å². The number of halogens is 4. The van der Waals surface area contributed by atoms with Gasteiger partial charge < -0.3 is 0 Å². The van der Waals surface area contributed by atoms with Crippen molar-refractivity contribution in [3.63, 3.8) is 0 Å². The van der Waals surface area contributed by atoms with E-state index in [-0.39, 0.29) is 11.4 Å². The fourth-order valence-corrected chi connectivity index (χ4v) is 3.29. The lowest BCUT2D eigenvalue weighted by atomic mass is 10.1. The monoisotopic (exact) mass is 415 g/mol. The predicted molar refractivity (Wildman–Crippen MR) is 95.8 cm³/mol. The maximum Gasteiger partial charge on any atom is 0.435 e. The van der Waals surface area contributed by atoms with Gasteiger partial charge in [0.15, 0.2) is 5.69 Å². The van der Waals surface area contributed by atoms with Crippen molar-refractivity contribution in [2.24, 2.45) is 5.14 Å². The lowest BCUT2D eigenvalue weighted by Gasteiger charge is -2.08. The molecule has 1 heterocycles. The minimum Gasteiger partial charge on any atom is -0.233 e. The highest BCUT2D eigenvalue weighted by Gasteiger charge is 2.35. The highest BCUT2D eigenvalue weighted by molar-refractivity contribution is 7.88. The number of hydrogen-bond acceptors (Lipinski definition) is 3. The summed E-state index contributed by atoms with van der Waals surface area (Å²) in [6.07, 6.45) is -4.61. The smallest absolute Gasteiger partial charge is 0.233 e. The molecule has 0 saturated heterocycles. The number of primary sulfonamides is 1. The third kappa shape index (κ3) is 4.68. The van der Waals surface area contributed by atoms with Gasteiger partial charge in [-0.2, -0.15) is 18.3 Å². The minimum absolute atomic E-state index is 0.201. The molecule has 10 heteroatoms. The van der Waals surface area contributed by atoms with Crippen LogP contribution in [0.2, 0.25) is 5.02 Å². The molecule has 142 valence electrons. The Morgan fingerprint density at radius 1 is 1.04 bits per heavy atom. The van der Waals surface area contributed by atoms with Gasteiger partial charge in [0.05, 0.1) is 17.1 Å².